The van der Waals surface area contributed by atoms with Gasteiger partial charge in [-0.1, -0.05) is 30.6 Å². The summed E-state index contributed by atoms with van der Waals surface area (Å²) in [7, 11) is 0. The maximum absolute atomic E-state index is 12.4. The van der Waals surface area contributed by atoms with Crippen molar-refractivity contribution in [2.45, 2.75) is 57.5 Å². The Balaban J connectivity index is 1.19. The van der Waals surface area contributed by atoms with Crippen molar-refractivity contribution in [1.82, 2.24) is 14.6 Å². The molecule has 2 aliphatic rings. The van der Waals surface area contributed by atoms with E-state index >= 15 is 0 Å². The number of anilines is 1. The molecule has 0 saturated heterocycles. The first kappa shape index (κ1) is 20.8. The molecule has 1 amide bonds. The van der Waals surface area contributed by atoms with E-state index in [0.717, 1.165) is 43.5 Å². The third-order valence-electron chi connectivity index (χ3n) is 5.96. The number of esters is 1. The number of amides is 1. The molecule has 2 aliphatic carbocycles. The zero-order valence-corrected chi connectivity index (χ0v) is 18.4. The topological polar surface area (TPSA) is 103 Å². The van der Waals surface area contributed by atoms with Crippen LogP contribution in [0.4, 0.5) is 5.69 Å². The van der Waals surface area contributed by atoms with E-state index in [9.17, 15) is 14.4 Å². The highest BCUT2D eigenvalue weighted by Crippen LogP contribution is 2.41. The second-order valence-electron chi connectivity index (χ2n) is 8.47. The lowest BCUT2D eigenvalue weighted by Gasteiger charge is -2.20. The van der Waals surface area contributed by atoms with Crippen LogP contribution in [0.5, 0.6) is 0 Å². The van der Waals surface area contributed by atoms with Gasteiger partial charge in [0.2, 0.25) is 10.9 Å². The summed E-state index contributed by atoms with van der Waals surface area (Å²) in [6.45, 7) is -0.0958. The van der Waals surface area contributed by atoms with Gasteiger partial charge in [0.1, 0.15) is 11.6 Å². The van der Waals surface area contributed by atoms with Crippen LogP contribution in [0, 0.1) is 5.92 Å². The molecular weight excluding hydrogens is 428 g/mol. The predicted molar refractivity (Wildman–Crippen MR) is 120 cm³/mol. The molecule has 1 aromatic carbocycles. The first-order valence-corrected chi connectivity index (χ1v) is 11.9. The summed E-state index contributed by atoms with van der Waals surface area (Å²) in [5.74, 6) is 0.0415. The predicted octanol–water partition coefficient (Wildman–Crippen LogP) is 3.90. The molecule has 2 fully saturated rings. The lowest BCUT2D eigenvalue weighted by atomic mass is 9.88. The SMILES string of the molecule is O=C(OCc1cc(=O)n2nc(C3CC3)sc2n1)c1ccc(NC(=O)C2CCCCC2)cc1. The summed E-state index contributed by atoms with van der Waals surface area (Å²) < 4.78 is 6.66. The van der Waals surface area contributed by atoms with Gasteiger partial charge in [-0.25, -0.2) is 9.78 Å². The van der Waals surface area contributed by atoms with Crippen LogP contribution >= 0.6 is 11.3 Å². The first-order valence-electron chi connectivity index (χ1n) is 11.0. The van der Waals surface area contributed by atoms with Crippen LogP contribution in [0.1, 0.15) is 71.9 Å². The fourth-order valence-electron chi connectivity index (χ4n) is 3.96. The minimum atomic E-state index is -0.514. The third-order valence-corrected chi connectivity index (χ3v) is 7.03. The van der Waals surface area contributed by atoms with E-state index in [1.807, 2.05) is 0 Å². The van der Waals surface area contributed by atoms with Crippen LogP contribution in [0.2, 0.25) is 0 Å². The van der Waals surface area contributed by atoms with E-state index in [2.05, 4.69) is 15.4 Å². The molecule has 8 nitrogen and oxygen atoms in total. The van der Waals surface area contributed by atoms with Gasteiger partial charge < -0.3 is 10.1 Å². The van der Waals surface area contributed by atoms with Crippen molar-refractivity contribution < 1.29 is 14.3 Å². The van der Waals surface area contributed by atoms with E-state index < -0.39 is 5.97 Å². The molecule has 0 aliphatic heterocycles. The molecule has 0 bridgehead atoms. The van der Waals surface area contributed by atoms with Crippen molar-refractivity contribution in [2.24, 2.45) is 5.92 Å². The highest BCUT2D eigenvalue weighted by atomic mass is 32.1. The van der Waals surface area contributed by atoms with E-state index in [-0.39, 0.29) is 24.0 Å². The van der Waals surface area contributed by atoms with Crippen molar-refractivity contribution in [2.75, 3.05) is 5.32 Å². The molecule has 32 heavy (non-hydrogen) atoms. The average molecular weight is 453 g/mol. The number of nitrogens with zero attached hydrogens (tertiary/aromatic N) is 3. The van der Waals surface area contributed by atoms with Gasteiger partial charge in [0.05, 0.1) is 11.3 Å². The second kappa shape index (κ2) is 8.82. The van der Waals surface area contributed by atoms with Crippen molar-refractivity contribution in [3.63, 3.8) is 0 Å². The van der Waals surface area contributed by atoms with Gasteiger partial charge in [0.25, 0.3) is 5.56 Å². The molecule has 5 rings (SSSR count). The highest BCUT2D eigenvalue weighted by Gasteiger charge is 2.28. The largest absolute Gasteiger partial charge is 0.456 e. The number of rotatable bonds is 6. The van der Waals surface area contributed by atoms with Gasteiger partial charge >= 0.3 is 5.97 Å². The van der Waals surface area contributed by atoms with Crippen molar-refractivity contribution in [3.8, 4) is 0 Å². The molecule has 9 heteroatoms. The fraction of sp³-hybridized carbons (Fsp3) is 0.435. The zero-order chi connectivity index (χ0) is 22.1. The van der Waals surface area contributed by atoms with Crippen LogP contribution in [0.3, 0.4) is 0 Å². The number of fused-ring (bicyclic) bond motifs is 1. The van der Waals surface area contributed by atoms with Crippen molar-refractivity contribution >= 4 is 33.9 Å². The number of hydrogen-bond donors (Lipinski definition) is 1. The minimum absolute atomic E-state index is 0.0423. The van der Waals surface area contributed by atoms with E-state index in [0.29, 0.717) is 27.8 Å². The van der Waals surface area contributed by atoms with Crippen LogP contribution < -0.4 is 10.9 Å². The Bertz CT molecular complexity index is 1210. The van der Waals surface area contributed by atoms with Gasteiger partial charge in [0, 0.05) is 23.6 Å². The maximum Gasteiger partial charge on any atom is 0.338 e. The monoisotopic (exact) mass is 452 g/mol. The molecule has 0 unspecified atom stereocenters. The normalized spacial score (nSPS) is 16.8. The Morgan fingerprint density at radius 1 is 1.09 bits per heavy atom. The quantitative estimate of drug-likeness (QED) is 0.569. The molecule has 2 heterocycles. The molecule has 0 atom stereocenters. The number of ether oxygens (including phenoxy) is 1. The average Bonchev–Trinajstić information content (AvgIpc) is 3.57. The van der Waals surface area contributed by atoms with Gasteiger partial charge in [-0.05, 0) is 49.9 Å². The van der Waals surface area contributed by atoms with Crippen molar-refractivity contribution in [1.29, 1.82) is 0 Å². The Morgan fingerprint density at radius 2 is 1.84 bits per heavy atom. The number of hydrogen-bond acceptors (Lipinski definition) is 7. The standard InChI is InChI=1S/C23H24N4O4S/c28-19-12-18(25-23-27(19)26-21(32-23)15-6-7-15)13-31-22(30)16-8-10-17(11-9-16)24-20(29)14-4-2-1-3-5-14/h8-12,14-15H,1-7,13H2,(H,24,29). The number of nitrogens with one attached hydrogen (secondary N) is 1. The molecule has 2 aromatic heterocycles. The van der Waals surface area contributed by atoms with Crippen LogP contribution in [-0.4, -0.2) is 26.5 Å². The molecule has 3 aromatic rings. The zero-order valence-electron chi connectivity index (χ0n) is 17.6. The molecule has 2 saturated carbocycles. The van der Waals surface area contributed by atoms with Gasteiger partial charge in [-0.3, -0.25) is 9.59 Å². The highest BCUT2D eigenvalue weighted by molar-refractivity contribution is 7.16. The summed E-state index contributed by atoms with van der Waals surface area (Å²) in [5, 5.41) is 8.20. The van der Waals surface area contributed by atoms with Gasteiger partial charge in [-0.2, -0.15) is 9.61 Å². The summed E-state index contributed by atoms with van der Waals surface area (Å²) in [5.41, 5.74) is 1.15. The summed E-state index contributed by atoms with van der Waals surface area (Å²) in [4.78, 5) is 42.0. The number of carbonyl (C=O) groups is 2. The smallest absolute Gasteiger partial charge is 0.338 e. The number of aromatic nitrogens is 3. The number of carbonyl (C=O) groups excluding carboxylic acids is 2. The fourth-order valence-corrected chi connectivity index (χ4v) is 5.05. The Morgan fingerprint density at radius 3 is 2.56 bits per heavy atom. The molecular formula is C23H24N4O4S. The summed E-state index contributed by atoms with van der Waals surface area (Å²) in [6, 6.07) is 7.99. The van der Waals surface area contributed by atoms with Crippen LogP contribution in [0.15, 0.2) is 35.1 Å². The molecule has 1 N–H and O–H groups in total. The second-order valence-corrected chi connectivity index (χ2v) is 9.46. The van der Waals surface area contributed by atoms with Gasteiger partial charge in [-0.15, -0.1) is 0 Å². The minimum Gasteiger partial charge on any atom is -0.456 e. The number of benzene rings is 1. The lowest BCUT2D eigenvalue weighted by molar-refractivity contribution is -0.120. The Labute approximate surface area is 188 Å². The summed E-state index contributed by atoms with van der Waals surface area (Å²) in [6.07, 6.45) is 7.46. The van der Waals surface area contributed by atoms with Crippen LogP contribution in [0.25, 0.3) is 4.96 Å². The maximum atomic E-state index is 12.4. The molecule has 166 valence electrons. The van der Waals surface area contributed by atoms with Crippen LogP contribution in [-0.2, 0) is 16.1 Å². The van der Waals surface area contributed by atoms with E-state index in [1.54, 1.807) is 24.3 Å². The Kier molecular flexibility index (Phi) is 5.73. The van der Waals surface area contributed by atoms with Crippen molar-refractivity contribution in [3.05, 3.63) is 57.0 Å². The molecule has 0 radical (unpaired) electrons. The third kappa shape index (κ3) is 4.57. The molecule has 0 spiro atoms. The Hall–Kier alpha value is -3.07. The van der Waals surface area contributed by atoms with Gasteiger partial charge in [0.15, 0.2) is 0 Å². The summed E-state index contributed by atoms with van der Waals surface area (Å²) >= 11 is 1.41. The van der Waals surface area contributed by atoms with E-state index in [1.165, 1.54) is 28.3 Å². The first-order chi connectivity index (χ1) is 15.6. The lowest BCUT2D eigenvalue weighted by Crippen LogP contribution is -2.24. The van der Waals surface area contributed by atoms with E-state index in [4.69, 9.17) is 4.74 Å².